The molecule has 1 aliphatic rings. The van der Waals surface area contributed by atoms with E-state index >= 15 is 0 Å². The molecule has 1 saturated carbocycles. The van der Waals surface area contributed by atoms with E-state index < -0.39 is 11.4 Å². The molecule has 0 heterocycles. The second kappa shape index (κ2) is 5.13. The van der Waals surface area contributed by atoms with Crippen molar-refractivity contribution >= 4 is 5.97 Å². The third-order valence-corrected chi connectivity index (χ3v) is 4.21. The molecule has 1 fully saturated rings. The monoisotopic (exact) mass is 246 g/mol. The predicted octanol–water partition coefficient (Wildman–Crippen LogP) is 3.78. The summed E-state index contributed by atoms with van der Waals surface area (Å²) in [5, 5.41) is 9.19. The summed E-state index contributed by atoms with van der Waals surface area (Å²) >= 11 is 0. The van der Waals surface area contributed by atoms with E-state index in [4.69, 9.17) is 0 Å². The van der Waals surface area contributed by atoms with Gasteiger partial charge in [0.15, 0.2) is 0 Å². The van der Waals surface area contributed by atoms with Gasteiger partial charge in [0, 0.05) is 0 Å². The molecule has 2 nitrogen and oxygen atoms in total. The van der Waals surface area contributed by atoms with Gasteiger partial charge in [-0.2, -0.15) is 0 Å². The Morgan fingerprint density at radius 3 is 2.28 bits per heavy atom. The Balaban J connectivity index is 2.07. The largest absolute Gasteiger partial charge is 0.481 e. The van der Waals surface area contributed by atoms with Crippen LogP contribution in [0.3, 0.4) is 0 Å². The van der Waals surface area contributed by atoms with Crippen molar-refractivity contribution in [3.8, 4) is 0 Å². The number of rotatable bonds is 4. The number of aliphatic carboxylic acids is 1. The second-order valence-corrected chi connectivity index (χ2v) is 5.98. The summed E-state index contributed by atoms with van der Waals surface area (Å²) in [6.45, 7) is 3.50. The van der Waals surface area contributed by atoms with Gasteiger partial charge in [-0.05, 0) is 37.3 Å². The van der Waals surface area contributed by atoms with Crippen LogP contribution in [0.15, 0.2) is 24.3 Å². The molecule has 1 aromatic rings. The molecule has 98 valence electrons. The van der Waals surface area contributed by atoms with Crippen molar-refractivity contribution in [2.75, 3.05) is 0 Å². The van der Waals surface area contributed by atoms with Crippen molar-refractivity contribution in [2.24, 2.45) is 5.92 Å². The summed E-state index contributed by atoms with van der Waals surface area (Å²) < 4.78 is 0. The molecule has 1 aromatic carbocycles. The number of carbonyl (C=O) groups is 1. The SMILES string of the molecule is CC(C)(C(=O)O)c1ccc(CC2CCCC2)cc1. The molecule has 0 aromatic heterocycles. The van der Waals surface area contributed by atoms with Gasteiger partial charge in [0.25, 0.3) is 0 Å². The Kier molecular flexibility index (Phi) is 3.74. The summed E-state index contributed by atoms with van der Waals surface area (Å²) in [5.74, 6) is 0.0642. The highest BCUT2D eigenvalue weighted by Crippen LogP contribution is 2.29. The van der Waals surface area contributed by atoms with Crippen LogP contribution in [0.5, 0.6) is 0 Å². The van der Waals surface area contributed by atoms with Gasteiger partial charge in [-0.15, -0.1) is 0 Å². The van der Waals surface area contributed by atoms with Crippen LogP contribution in [0.4, 0.5) is 0 Å². The van der Waals surface area contributed by atoms with Crippen LogP contribution >= 0.6 is 0 Å². The molecule has 1 aliphatic carbocycles. The smallest absolute Gasteiger partial charge is 0.313 e. The fourth-order valence-corrected chi connectivity index (χ4v) is 2.73. The molecule has 0 bridgehead atoms. The van der Waals surface area contributed by atoms with E-state index in [1.165, 1.54) is 31.2 Å². The van der Waals surface area contributed by atoms with Crippen molar-refractivity contribution in [3.05, 3.63) is 35.4 Å². The van der Waals surface area contributed by atoms with Gasteiger partial charge in [0.2, 0.25) is 0 Å². The quantitative estimate of drug-likeness (QED) is 0.877. The number of carboxylic acid groups (broad SMARTS) is 1. The van der Waals surface area contributed by atoms with Crippen LogP contribution < -0.4 is 0 Å². The molecular weight excluding hydrogens is 224 g/mol. The number of hydrogen-bond donors (Lipinski definition) is 1. The van der Waals surface area contributed by atoms with Crippen LogP contribution in [0, 0.1) is 5.92 Å². The Hall–Kier alpha value is -1.31. The van der Waals surface area contributed by atoms with E-state index in [2.05, 4.69) is 12.1 Å². The van der Waals surface area contributed by atoms with Gasteiger partial charge in [-0.25, -0.2) is 0 Å². The fraction of sp³-hybridized carbons (Fsp3) is 0.562. The van der Waals surface area contributed by atoms with Gasteiger partial charge in [0.1, 0.15) is 0 Å². The fourth-order valence-electron chi connectivity index (χ4n) is 2.73. The zero-order valence-electron chi connectivity index (χ0n) is 11.3. The minimum Gasteiger partial charge on any atom is -0.481 e. The third-order valence-electron chi connectivity index (χ3n) is 4.21. The molecule has 0 radical (unpaired) electrons. The lowest BCUT2D eigenvalue weighted by Crippen LogP contribution is -2.28. The van der Waals surface area contributed by atoms with Crippen molar-refractivity contribution in [2.45, 2.75) is 51.4 Å². The summed E-state index contributed by atoms with van der Waals surface area (Å²) in [6.07, 6.45) is 6.59. The highest BCUT2D eigenvalue weighted by atomic mass is 16.4. The standard InChI is InChI=1S/C16H22O2/c1-16(2,15(17)18)14-9-7-13(8-10-14)11-12-5-3-4-6-12/h7-10,12H,3-6,11H2,1-2H3,(H,17,18). The number of benzene rings is 1. The maximum Gasteiger partial charge on any atom is 0.313 e. The van der Waals surface area contributed by atoms with Crippen LogP contribution in [0.1, 0.15) is 50.7 Å². The highest BCUT2D eigenvalue weighted by molar-refractivity contribution is 5.80. The molecule has 0 spiro atoms. The maximum absolute atomic E-state index is 11.2. The Bertz CT molecular complexity index is 411. The Labute approximate surface area is 109 Å². The summed E-state index contributed by atoms with van der Waals surface area (Å²) in [7, 11) is 0. The van der Waals surface area contributed by atoms with E-state index in [1.807, 2.05) is 12.1 Å². The maximum atomic E-state index is 11.2. The zero-order chi connectivity index (χ0) is 13.2. The molecule has 18 heavy (non-hydrogen) atoms. The molecule has 0 aliphatic heterocycles. The van der Waals surface area contributed by atoms with E-state index in [0.717, 1.165) is 17.9 Å². The normalized spacial score (nSPS) is 17.0. The summed E-state index contributed by atoms with van der Waals surface area (Å²) in [6, 6.07) is 8.13. The average Bonchev–Trinajstić information content (AvgIpc) is 2.82. The van der Waals surface area contributed by atoms with Crippen molar-refractivity contribution in [1.29, 1.82) is 0 Å². The van der Waals surface area contributed by atoms with Crippen molar-refractivity contribution in [3.63, 3.8) is 0 Å². The average molecular weight is 246 g/mol. The molecule has 0 amide bonds. The van der Waals surface area contributed by atoms with Gasteiger partial charge in [-0.1, -0.05) is 49.9 Å². The van der Waals surface area contributed by atoms with E-state index in [0.29, 0.717) is 0 Å². The molecule has 1 N–H and O–H groups in total. The Morgan fingerprint density at radius 1 is 1.22 bits per heavy atom. The van der Waals surface area contributed by atoms with E-state index in [1.54, 1.807) is 13.8 Å². The minimum atomic E-state index is -0.800. The lowest BCUT2D eigenvalue weighted by molar-refractivity contribution is -0.142. The van der Waals surface area contributed by atoms with Crippen LogP contribution in [0.2, 0.25) is 0 Å². The van der Waals surface area contributed by atoms with Crippen molar-refractivity contribution in [1.82, 2.24) is 0 Å². The molecule has 0 saturated heterocycles. The van der Waals surface area contributed by atoms with Crippen LogP contribution in [-0.4, -0.2) is 11.1 Å². The van der Waals surface area contributed by atoms with E-state index in [-0.39, 0.29) is 0 Å². The first-order valence-corrected chi connectivity index (χ1v) is 6.83. The lowest BCUT2D eigenvalue weighted by atomic mass is 9.84. The molecule has 0 atom stereocenters. The first-order valence-electron chi connectivity index (χ1n) is 6.83. The van der Waals surface area contributed by atoms with Crippen LogP contribution in [0.25, 0.3) is 0 Å². The molecular formula is C16H22O2. The molecule has 2 heteroatoms. The predicted molar refractivity (Wildman–Crippen MR) is 72.8 cm³/mol. The molecule has 2 rings (SSSR count). The lowest BCUT2D eigenvalue weighted by Gasteiger charge is -2.20. The summed E-state index contributed by atoms with van der Waals surface area (Å²) in [4.78, 5) is 11.2. The Morgan fingerprint density at radius 2 is 1.78 bits per heavy atom. The van der Waals surface area contributed by atoms with E-state index in [9.17, 15) is 9.90 Å². The highest BCUT2D eigenvalue weighted by Gasteiger charge is 2.29. The van der Waals surface area contributed by atoms with Gasteiger partial charge >= 0.3 is 5.97 Å². The van der Waals surface area contributed by atoms with Crippen LogP contribution in [-0.2, 0) is 16.6 Å². The summed E-state index contributed by atoms with van der Waals surface area (Å²) in [5.41, 5.74) is 1.42. The number of carboxylic acids is 1. The second-order valence-electron chi connectivity index (χ2n) is 5.98. The van der Waals surface area contributed by atoms with Crippen molar-refractivity contribution < 1.29 is 9.90 Å². The first-order chi connectivity index (χ1) is 8.50. The topological polar surface area (TPSA) is 37.3 Å². The third kappa shape index (κ3) is 2.74. The first kappa shape index (κ1) is 13.1. The minimum absolute atomic E-state index is 0.772. The van der Waals surface area contributed by atoms with Gasteiger partial charge < -0.3 is 5.11 Å². The number of hydrogen-bond acceptors (Lipinski definition) is 1. The van der Waals surface area contributed by atoms with Gasteiger partial charge in [-0.3, -0.25) is 4.79 Å². The zero-order valence-corrected chi connectivity index (χ0v) is 11.3. The van der Waals surface area contributed by atoms with Gasteiger partial charge in [0.05, 0.1) is 5.41 Å². The molecule has 0 unspecified atom stereocenters.